The molecule has 1 atom stereocenters. The third kappa shape index (κ3) is 5.80. The highest BCUT2D eigenvalue weighted by atomic mass is 19.1. The molecule has 6 heteroatoms. The van der Waals surface area contributed by atoms with Crippen LogP contribution in [0.4, 0.5) is 10.1 Å². The number of carbonyl (C=O) groups is 2. The van der Waals surface area contributed by atoms with E-state index in [4.69, 9.17) is 5.73 Å². The predicted molar refractivity (Wildman–Crippen MR) is 125 cm³/mol. The molecule has 5 nitrogen and oxygen atoms in total. The van der Waals surface area contributed by atoms with Crippen molar-refractivity contribution in [3.8, 4) is 0 Å². The van der Waals surface area contributed by atoms with Crippen LogP contribution in [0.15, 0.2) is 66.7 Å². The van der Waals surface area contributed by atoms with Crippen LogP contribution in [-0.4, -0.2) is 11.8 Å². The minimum atomic E-state index is -0.502. The summed E-state index contributed by atoms with van der Waals surface area (Å²) in [6.07, 6.45) is 0.737. The Bertz CT molecular complexity index is 1100. The van der Waals surface area contributed by atoms with Crippen LogP contribution >= 0.6 is 0 Å². The van der Waals surface area contributed by atoms with Crippen LogP contribution in [0.1, 0.15) is 52.0 Å². The van der Waals surface area contributed by atoms with Crippen LogP contribution in [0, 0.1) is 12.7 Å². The molecule has 3 rings (SSSR count). The fraction of sp³-hybridized carbons (Fsp3) is 0.231. The second-order valence-electron chi connectivity index (χ2n) is 7.77. The summed E-state index contributed by atoms with van der Waals surface area (Å²) in [5.74, 6) is -1.21. The molecule has 0 spiro atoms. The monoisotopic (exact) mass is 433 g/mol. The highest BCUT2D eigenvalue weighted by Gasteiger charge is 2.19. The number of hydrogen-bond donors (Lipinski definition) is 3. The predicted octanol–water partition coefficient (Wildman–Crippen LogP) is 4.66. The van der Waals surface area contributed by atoms with Gasteiger partial charge in [0.1, 0.15) is 5.82 Å². The van der Waals surface area contributed by atoms with E-state index >= 15 is 0 Å². The normalized spacial score (nSPS) is 11.6. The molecule has 166 valence electrons. The van der Waals surface area contributed by atoms with Crippen molar-refractivity contribution in [2.24, 2.45) is 5.73 Å². The molecule has 0 aliphatic carbocycles. The Morgan fingerprint density at radius 2 is 1.66 bits per heavy atom. The lowest BCUT2D eigenvalue weighted by Crippen LogP contribution is -2.28. The largest absolute Gasteiger partial charge is 0.345 e. The zero-order valence-corrected chi connectivity index (χ0v) is 18.3. The molecule has 0 saturated carbocycles. The van der Waals surface area contributed by atoms with Crippen LogP contribution in [-0.2, 0) is 17.8 Å². The molecule has 0 heterocycles. The summed E-state index contributed by atoms with van der Waals surface area (Å²) in [4.78, 5) is 25.5. The van der Waals surface area contributed by atoms with E-state index in [9.17, 15) is 14.0 Å². The van der Waals surface area contributed by atoms with Gasteiger partial charge in [-0.05, 0) is 54.7 Å². The topological polar surface area (TPSA) is 84.2 Å². The number of anilines is 1. The standard InChI is InChI=1S/C26H28FN3O2/c1-17-14-24(30-25(31)13-12-20-10-6-7-11-21(20)16-28)22(15-23(17)27)26(32)29-18(2)19-8-4-3-5-9-19/h3-11,14-15,18H,12-13,16,28H2,1-2H3,(H,29,32)(H,30,31). The van der Waals surface area contributed by atoms with Gasteiger partial charge in [-0.1, -0.05) is 54.6 Å². The van der Waals surface area contributed by atoms with Crippen molar-refractivity contribution in [2.75, 3.05) is 5.32 Å². The van der Waals surface area contributed by atoms with E-state index in [0.717, 1.165) is 16.7 Å². The molecule has 0 aromatic heterocycles. The second kappa shape index (κ2) is 10.7. The molecule has 4 N–H and O–H groups in total. The fourth-order valence-electron chi connectivity index (χ4n) is 3.53. The Labute approximate surface area is 187 Å². The number of halogens is 1. The number of hydrogen-bond acceptors (Lipinski definition) is 3. The summed E-state index contributed by atoms with van der Waals surface area (Å²) in [6, 6.07) is 19.6. The van der Waals surface area contributed by atoms with E-state index in [-0.39, 0.29) is 23.9 Å². The van der Waals surface area contributed by atoms with Gasteiger partial charge in [-0.2, -0.15) is 0 Å². The molecule has 2 amide bonds. The van der Waals surface area contributed by atoms with Gasteiger partial charge < -0.3 is 16.4 Å². The van der Waals surface area contributed by atoms with Crippen molar-refractivity contribution in [3.05, 3.63) is 100 Å². The minimum Gasteiger partial charge on any atom is -0.345 e. The van der Waals surface area contributed by atoms with Gasteiger partial charge in [-0.3, -0.25) is 9.59 Å². The number of carbonyl (C=O) groups excluding carboxylic acids is 2. The van der Waals surface area contributed by atoms with Gasteiger partial charge in [-0.15, -0.1) is 0 Å². The van der Waals surface area contributed by atoms with E-state index in [1.165, 1.54) is 12.1 Å². The van der Waals surface area contributed by atoms with Crippen LogP contribution in [0.25, 0.3) is 0 Å². The van der Waals surface area contributed by atoms with Crippen molar-refractivity contribution < 1.29 is 14.0 Å². The maximum absolute atomic E-state index is 14.3. The average Bonchev–Trinajstić information content (AvgIpc) is 2.80. The number of benzene rings is 3. The van der Waals surface area contributed by atoms with E-state index in [0.29, 0.717) is 24.2 Å². The summed E-state index contributed by atoms with van der Waals surface area (Å²) in [5, 5.41) is 5.66. The zero-order valence-electron chi connectivity index (χ0n) is 18.3. The second-order valence-corrected chi connectivity index (χ2v) is 7.77. The maximum Gasteiger partial charge on any atom is 0.253 e. The van der Waals surface area contributed by atoms with Crippen LogP contribution in [0.3, 0.4) is 0 Å². The number of aryl methyl sites for hydroxylation is 2. The molecule has 3 aromatic rings. The number of rotatable bonds is 8. The van der Waals surface area contributed by atoms with E-state index in [1.54, 1.807) is 6.92 Å². The Hall–Kier alpha value is -3.51. The summed E-state index contributed by atoms with van der Waals surface area (Å²) < 4.78 is 14.3. The lowest BCUT2D eigenvalue weighted by molar-refractivity contribution is -0.116. The maximum atomic E-state index is 14.3. The molecule has 1 unspecified atom stereocenters. The third-order valence-electron chi connectivity index (χ3n) is 5.42. The first-order chi connectivity index (χ1) is 15.4. The van der Waals surface area contributed by atoms with Gasteiger partial charge in [0.25, 0.3) is 5.91 Å². The summed E-state index contributed by atoms with van der Waals surface area (Å²) in [7, 11) is 0. The van der Waals surface area contributed by atoms with E-state index in [1.807, 2.05) is 61.5 Å². The fourth-order valence-corrected chi connectivity index (χ4v) is 3.53. The highest BCUT2D eigenvalue weighted by molar-refractivity contribution is 6.04. The average molecular weight is 434 g/mol. The van der Waals surface area contributed by atoms with Crippen LogP contribution in [0.2, 0.25) is 0 Å². The van der Waals surface area contributed by atoms with Crippen LogP contribution < -0.4 is 16.4 Å². The molecule has 32 heavy (non-hydrogen) atoms. The SMILES string of the molecule is Cc1cc(NC(=O)CCc2ccccc2CN)c(C(=O)NC(C)c2ccccc2)cc1F. The molecule has 3 aromatic carbocycles. The van der Waals surface area contributed by atoms with Crippen LogP contribution in [0.5, 0.6) is 0 Å². The van der Waals surface area contributed by atoms with Crippen molar-refractivity contribution in [1.29, 1.82) is 0 Å². The lowest BCUT2D eigenvalue weighted by atomic mass is 10.0. The Balaban J connectivity index is 1.74. The quantitative estimate of drug-likeness (QED) is 0.483. The Morgan fingerprint density at radius 1 is 1.00 bits per heavy atom. The Morgan fingerprint density at radius 3 is 2.34 bits per heavy atom. The number of nitrogens with one attached hydrogen (secondary N) is 2. The molecule has 0 aliphatic rings. The van der Waals surface area contributed by atoms with E-state index < -0.39 is 11.7 Å². The summed E-state index contributed by atoms with van der Waals surface area (Å²) in [6.45, 7) is 3.85. The molecule has 0 aliphatic heterocycles. The number of nitrogens with two attached hydrogens (primary N) is 1. The van der Waals surface area contributed by atoms with E-state index in [2.05, 4.69) is 10.6 Å². The Kier molecular flexibility index (Phi) is 7.73. The molecule has 0 bridgehead atoms. The smallest absolute Gasteiger partial charge is 0.253 e. The van der Waals surface area contributed by atoms with Gasteiger partial charge in [0.15, 0.2) is 0 Å². The van der Waals surface area contributed by atoms with Gasteiger partial charge in [0.2, 0.25) is 5.91 Å². The van der Waals surface area contributed by atoms with Crippen molar-refractivity contribution in [2.45, 2.75) is 39.3 Å². The van der Waals surface area contributed by atoms with Crippen molar-refractivity contribution in [3.63, 3.8) is 0 Å². The first-order valence-electron chi connectivity index (χ1n) is 10.6. The zero-order chi connectivity index (χ0) is 23.1. The molecule has 0 saturated heterocycles. The third-order valence-corrected chi connectivity index (χ3v) is 5.42. The van der Waals surface area contributed by atoms with Gasteiger partial charge >= 0.3 is 0 Å². The number of amides is 2. The summed E-state index contributed by atoms with van der Waals surface area (Å²) in [5.41, 5.74) is 9.43. The van der Waals surface area contributed by atoms with Crippen molar-refractivity contribution in [1.82, 2.24) is 5.32 Å². The highest BCUT2D eigenvalue weighted by Crippen LogP contribution is 2.23. The molecule has 0 radical (unpaired) electrons. The minimum absolute atomic E-state index is 0.0894. The molecular formula is C26H28FN3O2. The lowest BCUT2D eigenvalue weighted by Gasteiger charge is -2.17. The molecule has 0 fully saturated rings. The van der Waals surface area contributed by atoms with Crippen molar-refractivity contribution >= 4 is 17.5 Å². The first kappa shape index (κ1) is 23.2. The van der Waals surface area contributed by atoms with Gasteiger partial charge in [0, 0.05) is 13.0 Å². The first-order valence-corrected chi connectivity index (χ1v) is 10.6. The molecular weight excluding hydrogens is 405 g/mol. The van der Waals surface area contributed by atoms with Gasteiger partial charge in [0.05, 0.1) is 17.3 Å². The van der Waals surface area contributed by atoms with Gasteiger partial charge in [-0.25, -0.2) is 4.39 Å². The summed E-state index contributed by atoms with van der Waals surface area (Å²) >= 11 is 0.